The van der Waals surface area contributed by atoms with Gasteiger partial charge in [0.2, 0.25) is 0 Å². The van der Waals surface area contributed by atoms with Gasteiger partial charge in [-0.05, 0) is 23.4 Å². The minimum atomic E-state index is -0.328. The molecule has 0 fully saturated rings. The van der Waals surface area contributed by atoms with Crippen molar-refractivity contribution in [2.24, 2.45) is 0 Å². The van der Waals surface area contributed by atoms with Crippen molar-refractivity contribution in [3.05, 3.63) is 43.6 Å². The Bertz CT molecular complexity index is 564. The SMILES string of the molecule is CCc1ccsc1CNc1nc[nH]c(=O)c1Cl. The lowest BCUT2D eigenvalue weighted by atomic mass is 10.2. The average molecular weight is 270 g/mol. The van der Waals surface area contributed by atoms with Gasteiger partial charge in [0.05, 0.1) is 12.9 Å². The number of thiophene rings is 1. The third kappa shape index (κ3) is 2.68. The van der Waals surface area contributed by atoms with Gasteiger partial charge in [-0.2, -0.15) is 0 Å². The van der Waals surface area contributed by atoms with Gasteiger partial charge in [-0.15, -0.1) is 11.3 Å². The number of aryl methyl sites for hydroxylation is 1. The van der Waals surface area contributed by atoms with Crippen molar-refractivity contribution < 1.29 is 0 Å². The number of aromatic nitrogens is 2. The van der Waals surface area contributed by atoms with Gasteiger partial charge in [-0.3, -0.25) is 4.79 Å². The zero-order chi connectivity index (χ0) is 12.3. The molecular formula is C11H12ClN3OS. The molecular weight excluding hydrogens is 258 g/mol. The maximum absolute atomic E-state index is 11.3. The largest absolute Gasteiger partial charge is 0.364 e. The fraction of sp³-hybridized carbons (Fsp3) is 0.273. The van der Waals surface area contributed by atoms with Gasteiger partial charge in [-0.25, -0.2) is 4.98 Å². The zero-order valence-corrected chi connectivity index (χ0v) is 10.9. The van der Waals surface area contributed by atoms with Crippen molar-refractivity contribution in [1.29, 1.82) is 0 Å². The summed E-state index contributed by atoms with van der Waals surface area (Å²) in [6.45, 7) is 2.75. The van der Waals surface area contributed by atoms with E-state index in [1.165, 1.54) is 16.8 Å². The summed E-state index contributed by atoms with van der Waals surface area (Å²) in [7, 11) is 0. The standard InChI is InChI=1S/C11H12ClN3OS/c1-2-7-3-4-17-8(7)5-13-10-9(12)11(16)15-6-14-10/h3-4,6H,2,5H2,1H3,(H2,13,14,15,16). The van der Waals surface area contributed by atoms with Crippen LogP contribution in [0, 0.1) is 0 Å². The smallest absolute Gasteiger partial charge is 0.271 e. The van der Waals surface area contributed by atoms with Crippen LogP contribution in [0.2, 0.25) is 5.02 Å². The van der Waals surface area contributed by atoms with Crippen LogP contribution in [0.25, 0.3) is 0 Å². The Morgan fingerprint density at radius 1 is 1.59 bits per heavy atom. The monoisotopic (exact) mass is 269 g/mol. The molecule has 2 heterocycles. The Morgan fingerprint density at radius 2 is 2.41 bits per heavy atom. The molecule has 0 saturated carbocycles. The van der Waals surface area contributed by atoms with Crippen LogP contribution >= 0.6 is 22.9 Å². The Labute approximate surface area is 108 Å². The molecule has 2 aromatic rings. The molecule has 0 bridgehead atoms. The highest BCUT2D eigenvalue weighted by molar-refractivity contribution is 7.10. The molecule has 2 rings (SSSR count). The molecule has 17 heavy (non-hydrogen) atoms. The first-order chi connectivity index (χ1) is 8.22. The number of anilines is 1. The number of nitrogens with zero attached hydrogens (tertiary/aromatic N) is 1. The summed E-state index contributed by atoms with van der Waals surface area (Å²) in [6.07, 6.45) is 2.34. The van der Waals surface area contributed by atoms with E-state index in [2.05, 4.69) is 33.7 Å². The summed E-state index contributed by atoms with van der Waals surface area (Å²) >= 11 is 7.53. The minimum Gasteiger partial charge on any atom is -0.364 e. The molecule has 0 radical (unpaired) electrons. The highest BCUT2D eigenvalue weighted by Gasteiger charge is 2.07. The average Bonchev–Trinajstić information content (AvgIpc) is 2.78. The molecule has 0 aromatic carbocycles. The summed E-state index contributed by atoms with van der Waals surface area (Å²) in [5.41, 5.74) is 0.981. The lowest BCUT2D eigenvalue weighted by Crippen LogP contribution is -2.11. The summed E-state index contributed by atoms with van der Waals surface area (Å²) in [5, 5.41) is 5.24. The number of nitrogens with one attached hydrogen (secondary N) is 2. The first kappa shape index (κ1) is 12.1. The molecule has 0 amide bonds. The van der Waals surface area contributed by atoms with Crippen molar-refractivity contribution in [2.45, 2.75) is 19.9 Å². The summed E-state index contributed by atoms with van der Waals surface area (Å²) < 4.78 is 0. The van der Waals surface area contributed by atoms with Crippen LogP contribution in [0.5, 0.6) is 0 Å². The van der Waals surface area contributed by atoms with Crippen molar-refractivity contribution >= 4 is 28.8 Å². The van der Waals surface area contributed by atoms with E-state index in [4.69, 9.17) is 11.6 Å². The first-order valence-corrected chi connectivity index (χ1v) is 6.50. The fourth-order valence-corrected chi connectivity index (χ4v) is 2.59. The van der Waals surface area contributed by atoms with Gasteiger partial charge < -0.3 is 10.3 Å². The van der Waals surface area contributed by atoms with E-state index in [1.807, 2.05) is 0 Å². The topological polar surface area (TPSA) is 57.8 Å². The molecule has 0 aliphatic carbocycles. The number of hydrogen-bond donors (Lipinski definition) is 2. The maximum atomic E-state index is 11.3. The normalized spacial score (nSPS) is 10.5. The number of aromatic amines is 1. The second-order valence-electron chi connectivity index (χ2n) is 3.47. The maximum Gasteiger partial charge on any atom is 0.271 e. The van der Waals surface area contributed by atoms with Gasteiger partial charge in [0.15, 0.2) is 5.82 Å². The lowest BCUT2D eigenvalue weighted by Gasteiger charge is -2.06. The highest BCUT2D eigenvalue weighted by atomic mass is 35.5. The van der Waals surface area contributed by atoms with Crippen LogP contribution in [0.3, 0.4) is 0 Å². The van der Waals surface area contributed by atoms with Gasteiger partial charge in [0.25, 0.3) is 5.56 Å². The highest BCUT2D eigenvalue weighted by Crippen LogP contribution is 2.20. The minimum absolute atomic E-state index is 0.0992. The van der Waals surface area contributed by atoms with E-state index in [0.29, 0.717) is 12.4 Å². The summed E-state index contributed by atoms with van der Waals surface area (Å²) in [6, 6.07) is 2.11. The molecule has 90 valence electrons. The number of halogens is 1. The lowest BCUT2D eigenvalue weighted by molar-refractivity contribution is 1.04. The molecule has 0 saturated heterocycles. The number of H-pyrrole nitrogens is 1. The first-order valence-electron chi connectivity index (χ1n) is 5.24. The molecule has 0 unspecified atom stereocenters. The quantitative estimate of drug-likeness (QED) is 0.897. The van der Waals surface area contributed by atoms with Crippen LogP contribution in [0.15, 0.2) is 22.6 Å². The Balaban J connectivity index is 2.13. The second-order valence-corrected chi connectivity index (χ2v) is 4.85. The van der Waals surface area contributed by atoms with Gasteiger partial charge in [-0.1, -0.05) is 18.5 Å². The number of rotatable bonds is 4. The van der Waals surface area contributed by atoms with Crippen molar-refractivity contribution in [3.8, 4) is 0 Å². The van der Waals surface area contributed by atoms with Gasteiger partial charge in [0.1, 0.15) is 5.02 Å². The van der Waals surface area contributed by atoms with Gasteiger partial charge in [0, 0.05) is 4.88 Å². The predicted octanol–water partition coefficient (Wildman–Crippen LogP) is 2.66. The van der Waals surface area contributed by atoms with E-state index in [-0.39, 0.29) is 10.6 Å². The molecule has 0 aliphatic heterocycles. The van der Waals surface area contributed by atoms with Crippen molar-refractivity contribution in [3.63, 3.8) is 0 Å². The molecule has 6 heteroatoms. The Hall–Kier alpha value is -1.33. The van der Waals surface area contributed by atoms with Crippen molar-refractivity contribution in [2.75, 3.05) is 5.32 Å². The van der Waals surface area contributed by atoms with Crippen LogP contribution in [-0.2, 0) is 13.0 Å². The van der Waals surface area contributed by atoms with Gasteiger partial charge >= 0.3 is 0 Å². The molecule has 0 aliphatic rings. The fourth-order valence-electron chi connectivity index (χ4n) is 1.51. The second kappa shape index (κ2) is 5.33. The van der Waals surface area contributed by atoms with E-state index >= 15 is 0 Å². The van der Waals surface area contributed by atoms with Crippen LogP contribution in [0.4, 0.5) is 5.82 Å². The molecule has 0 atom stereocenters. The molecule has 2 N–H and O–H groups in total. The van der Waals surface area contributed by atoms with Crippen LogP contribution in [0.1, 0.15) is 17.4 Å². The van der Waals surface area contributed by atoms with Crippen LogP contribution < -0.4 is 10.9 Å². The summed E-state index contributed by atoms with van der Waals surface area (Å²) in [5.74, 6) is 0.422. The van der Waals surface area contributed by atoms with E-state index in [1.54, 1.807) is 11.3 Å². The predicted molar refractivity (Wildman–Crippen MR) is 70.9 cm³/mol. The van der Waals surface area contributed by atoms with Crippen LogP contribution in [-0.4, -0.2) is 9.97 Å². The molecule has 0 spiro atoms. The Morgan fingerprint density at radius 3 is 3.18 bits per heavy atom. The zero-order valence-electron chi connectivity index (χ0n) is 9.29. The number of hydrogen-bond acceptors (Lipinski definition) is 4. The molecule has 4 nitrogen and oxygen atoms in total. The molecule has 2 aromatic heterocycles. The Kier molecular flexibility index (Phi) is 3.81. The van der Waals surface area contributed by atoms with E-state index in [0.717, 1.165) is 6.42 Å². The summed E-state index contributed by atoms with van der Waals surface area (Å²) in [4.78, 5) is 18.9. The van der Waals surface area contributed by atoms with Crippen molar-refractivity contribution in [1.82, 2.24) is 9.97 Å². The van der Waals surface area contributed by atoms with E-state index < -0.39 is 0 Å². The third-order valence-corrected chi connectivity index (χ3v) is 3.75. The van der Waals surface area contributed by atoms with E-state index in [9.17, 15) is 4.79 Å². The third-order valence-electron chi connectivity index (χ3n) is 2.43.